The minimum Gasteiger partial charge on any atom is -0.478 e. The number of carbonyl (C=O) groups excluding carboxylic acids is 1. The van der Waals surface area contributed by atoms with Crippen molar-refractivity contribution in [2.24, 2.45) is 0 Å². The molecule has 0 bridgehead atoms. The van der Waals surface area contributed by atoms with Gasteiger partial charge in [-0.3, -0.25) is 0 Å². The van der Waals surface area contributed by atoms with E-state index in [1.807, 2.05) is 0 Å². The number of aromatic nitrogens is 1. The summed E-state index contributed by atoms with van der Waals surface area (Å²) in [6.07, 6.45) is 3.80. The van der Waals surface area contributed by atoms with Crippen LogP contribution in [0.15, 0.2) is 24.4 Å². The van der Waals surface area contributed by atoms with E-state index in [4.69, 9.17) is 9.84 Å². The number of ether oxygens (including phenoxy) is 1. The second kappa shape index (κ2) is 5.65. The number of carboxylic acids is 1. The summed E-state index contributed by atoms with van der Waals surface area (Å²) >= 11 is 0. The second-order valence-electron chi connectivity index (χ2n) is 2.87. The van der Waals surface area contributed by atoms with Gasteiger partial charge in [-0.25, -0.2) is 14.6 Å². The number of carboxylic acid groups (broad SMARTS) is 1. The number of aliphatic carboxylic acids is 1. The van der Waals surface area contributed by atoms with Crippen LogP contribution in [-0.4, -0.2) is 28.6 Å². The molecule has 0 saturated heterocycles. The lowest BCUT2D eigenvalue weighted by Crippen LogP contribution is -2.06. The van der Waals surface area contributed by atoms with Crippen molar-refractivity contribution in [3.63, 3.8) is 0 Å². The van der Waals surface area contributed by atoms with Gasteiger partial charge in [0.1, 0.15) is 5.69 Å². The van der Waals surface area contributed by atoms with Crippen LogP contribution in [0.4, 0.5) is 0 Å². The second-order valence-corrected chi connectivity index (χ2v) is 2.87. The molecule has 0 radical (unpaired) electrons. The average molecular weight is 221 g/mol. The van der Waals surface area contributed by atoms with Crippen LogP contribution in [0, 0.1) is 0 Å². The van der Waals surface area contributed by atoms with Crippen LogP contribution in [0.3, 0.4) is 0 Å². The fourth-order valence-electron chi connectivity index (χ4n) is 0.997. The summed E-state index contributed by atoms with van der Waals surface area (Å²) in [6, 6.07) is 3.08. The molecule has 1 aromatic rings. The highest BCUT2D eigenvalue weighted by Crippen LogP contribution is 2.03. The maximum Gasteiger partial charge on any atom is 0.356 e. The number of hydrogen-bond acceptors (Lipinski definition) is 4. The van der Waals surface area contributed by atoms with Gasteiger partial charge in [-0.1, -0.05) is 6.07 Å². The fourth-order valence-corrected chi connectivity index (χ4v) is 0.997. The molecular weight excluding hydrogens is 210 g/mol. The van der Waals surface area contributed by atoms with Gasteiger partial charge in [0.25, 0.3) is 0 Å². The van der Waals surface area contributed by atoms with Crippen LogP contribution in [0.5, 0.6) is 0 Å². The summed E-state index contributed by atoms with van der Waals surface area (Å²) in [5.41, 5.74) is 0.810. The van der Waals surface area contributed by atoms with Gasteiger partial charge >= 0.3 is 11.9 Å². The molecule has 0 aliphatic rings. The van der Waals surface area contributed by atoms with Gasteiger partial charge in [-0.15, -0.1) is 0 Å². The Hall–Kier alpha value is -2.17. The summed E-state index contributed by atoms with van der Waals surface area (Å²) in [7, 11) is 0. The minimum absolute atomic E-state index is 0.203. The Bertz CT molecular complexity index is 408. The van der Waals surface area contributed by atoms with E-state index in [0.29, 0.717) is 12.2 Å². The van der Waals surface area contributed by atoms with Crippen molar-refractivity contribution < 1.29 is 19.4 Å². The first kappa shape index (κ1) is 11.9. The molecule has 0 aliphatic carbocycles. The lowest BCUT2D eigenvalue weighted by atomic mass is 10.2. The number of nitrogens with zero attached hydrogens (tertiary/aromatic N) is 1. The molecular formula is C11H11NO4. The van der Waals surface area contributed by atoms with Gasteiger partial charge in [0.05, 0.1) is 6.61 Å². The molecule has 16 heavy (non-hydrogen) atoms. The summed E-state index contributed by atoms with van der Waals surface area (Å²) in [6.45, 7) is 2.00. The molecule has 1 rings (SSSR count). The van der Waals surface area contributed by atoms with E-state index in [9.17, 15) is 9.59 Å². The molecule has 1 heterocycles. The van der Waals surface area contributed by atoms with Gasteiger partial charge in [0, 0.05) is 12.3 Å². The molecule has 84 valence electrons. The summed E-state index contributed by atoms with van der Waals surface area (Å²) in [5.74, 6) is -1.52. The van der Waals surface area contributed by atoms with Gasteiger partial charge < -0.3 is 9.84 Å². The van der Waals surface area contributed by atoms with E-state index in [1.54, 1.807) is 13.0 Å². The first-order chi connectivity index (χ1) is 7.63. The molecule has 1 aromatic heterocycles. The van der Waals surface area contributed by atoms with Crippen LogP contribution in [-0.2, 0) is 9.53 Å². The van der Waals surface area contributed by atoms with E-state index in [-0.39, 0.29) is 5.69 Å². The normalized spacial score (nSPS) is 10.3. The van der Waals surface area contributed by atoms with E-state index < -0.39 is 11.9 Å². The number of carbonyl (C=O) groups is 2. The zero-order valence-corrected chi connectivity index (χ0v) is 8.71. The van der Waals surface area contributed by atoms with Crippen molar-refractivity contribution in [2.75, 3.05) is 6.61 Å². The van der Waals surface area contributed by atoms with Crippen molar-refractivity contribution >= 4 is 18.0 Å². The van der Waals surface area contributed by atoms with Gasteiger partial charge in [0.2, 0.25) is 0 Å². The standard InChI is InChI=1S/C11H11NO4/c1-2-16-11(15)9-5-3-8(7-12-9)4-6-10(13)14/h3-7H,2H2,1H3,(H,13,14)/b6-4+. The number of rotatable bonds is 4. The Morgan fingerprint density at radius 1 is 1.50 bits per heavy atom. The third-order valence-electron chi connectivity index (χ3n) is 1.69. The van der Waals surface area contributed by atoms with E-state index in [2.05, 4.69) is 4.98 Å². The highest BCUT2D eigenvalue weighted by molar-refractivity contribution is 5.88. The molecule has 1 N–H and O–H groups in total. The van der Waals surface area contributed by atoms with Crippen LogP contribution in [0.1, 0.15) is 23.0 Å². The molecule has 0 amide bonds. The van der Waals surface area contributed by atoms with Crippen molar-refractivity contribution in [3.8, 4) is 0 Å². The van der Waals surface area contributed by atoms with Crippen LogP contribution in [0.25, 0.3) is 6.08 Å². The first-order valence-electron chi connectivity index (χ1n) is 4.67. The molecule has 0 saturated carbocycles. The molecule has 5 heteroatoms. The van der Waals surface area contributed by atoms with Crippen molar-refractivity contribution in [2.45, 2.75) is 6.92 Å². The largest absolute Gasteiger partial charge is 0.478 e. The zero-order valence-electron chi connectivity index (χ0n) is 8.71. The SMILES string of the molecule is CCOC(=O)c1ccc(/C=C/C(=O)O)cn1. The Morgan fingerprint density at radius 3 is 2.75 bits per heavy atom. The lowest BCUT2D eigenvalue weighted by molar-refractivity contribution is -0.131. The molecule has 5 nitrogen and oxygen atoms in total. The third kappa shape index (κ3) is 3.53. The highest BCUT2D eigenvalue weighted by Gasteiger charge is 2.06. The van der Waals surface area contributed by atoms with E-state index in [0.717, 1.165) is 6.08 Å². The molecule has 0 atom stereocenters. The van der Waals surface area contributed by atoms with E-state index >= 15 is 0 Å². The minimum atomic E-state index is -1.03. The predicted octanol–water partition coefficient (Wildman–Crippen LogP) is 1.36. The quantitative estimate of drug-likeness (QED) is 0.613. The summed E-state index contributed by atoms with van der Waals surface area (Å²) in [5, 5.41) is 8.41. The molecule has 0 fully saturated rings. The van der Waals surface area contributed by atoms with Crippen LogP contribution < -0.4 is 0 Å². The van der Waals surface area contributed by atoms with E-state index in [1.165, 1.54) is 18.3 Å². The number of pyridine rings is 1. The molecule has 0 spiro atoms. The summed E-state index contributed by atoms with van der Waals surface area (Å²) in [4.78, 5) is 25.3. The Morgan fingerprint density at radius 2 is 2.25 bits per heavy atom. The van der Waals surface area contributed by atoms with Gasteiger partial charge in [0.15, 0.2) is 0 Å². The van der Waals surface area contributed by atoms with Gasteiger partial charge in [-0.05, 0) is 24.6 Å². The lowest BCUT2D eigenvalue weighted by Gasteiger charge is -2.00. The van der Waals surface area contributed by atoms with Crippen molar-refractivity contribution in [1.82, 2.24) is 4.98 Å². The maximum absolute atomic E-state index is 11.2. The van der Waals surface area contributed by atoms with Crippen LogP contribution in [0.2, 0.25) is 0 Å². The molecule has 0 aliphatic heterocycles. The number of esters is 1. The monoisotopic (exact) mass is 221 g/mol. The Balaban J connectivity index is 2.75. The van der Waals surface area contributed by atoms with Gasteiger partial charge in [-0.2, -0.15) is 0 Å². The highest BCUT2D eigenvalue weighted by atomic mass is 16.5. The Kier molecular flexibility index (Phi) is 4.20. The fraction of sp³-hybridized carbons (Fsp3) is 0.182. The topological polar surface area (TPSA) is 76.5 Å². The van der Waals surface area contributed by atoms with Crippen LogP contribution >= 0.6 is 0 Å². The van der Waals surface area contributed by atoms with Crippen molar-refractivity contribution in [1.29, 1.82) is 0 Å². The smallest absolute Gasteiger partial charge is 0.356 e. The molecule has 0 unspecified atom stereocenters. The average Bonchev–Trinajstić information content (AvgIpc) is 2.27. The third-order valence-corrected chi connectivity index (χ3v) is 1.69. The van der Waals surface area contributed by atoms with Crippen molar-refractivity contribution in [3.05, 3.63) is 35.7 Å². The number of hydrogen-bond donors (Lipinski definition) is 1. The Labute approximate surface area is 92.4 Å². The maximum atomic E-state index is 11.2. The summed E-state index contributed by atoms with van der Waals surface area (Å²) < 4.78 is 4.75. The first-order valence-corrected chi connectivity index (χ1v) is 4.67. The zero-order chi connectivity index (χ0) is 12.0. The predicted molar refractivity (Wildman–Crippen MR) is 56.9 cm³/mol. The molecule has 0 aromatic carbocycles.